The molecular formula is C37H54N8O5. The van der Waals surface area contributed by atoms with Crippen molar-refractivity contribution in [2.45, 2.75) is 96.2 Å². The zero-order chi connectivity index (χ0) is 36.5. The molecule has 3 rings (SSSR count). The Labute approximate surface area is 295 Å². The quantitative estimate of drug-likeness (QED) is 0.0693. The number of amidine groups is 2. The fourth-order valence-electron chi connectivity index (χ4n) is 6.01. The number of hydrogen-bond donors (Lipinski definition) is 6. The third kappa shape index (κ3) is 12.2. The lowest BCUT2D eigenvalue weighted by atomic mass is 9.98. The molecule has 0 saturated carbocycles. The van der Waals surface area contributed by atoms with E-state index in [0.717, 1.165) is 41.5 Å². The number of nitrogens with two attached hydrogens (primary N) is 2. The van der Waals surface area contributed by atoms with E-state index in [4.69, 9.17) is 16.2 Å². The first kappa shape index (κ1) is 39.5. The van der Waals surface area contributed by atoms with Gasteiger partial charge in [-0.3, -0.25) is 24.4 Å². The smallest absolute Gasteiger partial charge is 0.407 e. The van der Waals surface area contributed by atoms with Crippen LogP contribution in [0.25, 0.3) is 11.1 Å². The number of fused-ring (bicyclic) bond motifs is 3. The van der Waals surface area contributed by atoms with Crippen molar-refractivity contribution in [2.75, 3.05) is 26.7 Å². The Hall–Kier alpha value is -4.94. The molecule has 13 heteroatoms. The predicted octanol–water partition coefficient (Wildman–Crippen LogP) is 3.50. The van der Waals surface area contributed by atoms with Crippen molar-refractivity contribution >= 4 is 35.5 Å². The summed E-state index contributed by atoms with van der Waals surface area (Å²) in [5.74, 6) is -0.706. The monoisotopic (exact) mass is 690 g/mol. The number of aliphatic imine (C=N–C) groups is 2. The molecule has 0 aromatic heterocycles. The molecule has 272 valence electrons. The number of rotatable bonds is 20. The number of likely N-dealkylation sites (N-methyl/N-ethyl adjacent to an activating group) is 1. The van der Waals surface area contributed by atoms with Crippen LogP contribution >= 0.6 is 0 Å². The highest BCUT2D eigenvalue weighted by Gasteiger charge is 2.31. The first-order chi connectivity index (χ1) is 24.0. The van der Waals surface area contributed by atoms with Gasteiger partial charge >= 0.3 is 6.09 Å². The summed E-state index contributed by atoms with van der Waals surface area (Å²) in [4.78, 5) is 61.6. The SMILES string of the molecule is CCCCCC(NC(=O)C(CCCN=C(C)N)NC(=O)C(CCCN=C(C)N)NC(=O)OCC1c2ccccc2-c2ccccc21)C(=O)NC. The summed E-state index contributed by atoms with van der Waals surface area (Å²) >= 11 is 0. The Morgan fingerprint density at radius 3 is 1.64 bits per heavy atom. The lowest BCUT2D eigenvalue weighted by Crippen LogP contribution is -2.56. The van der Waals surface area contributed by atoms with Crippen molar-refractivity contribution in [3.63, 3.8) is 0 Å². The molecule has 8 N–H and O–H groups in total. The average molecular weight is 691 g/mol. The highest BCUT2D eigenvalue weighted by molar-refractivity contribution is 5.94. The number of alkyl carbamates (subject to hydrolysis) is 1. The van der Waals surface area contributed by atoms with Gasteiger partial charge in [0.2, 0.25) is 17.7 Å². The molecule has 13 nitrogen and oxygen atoms in total. The van der Waals surface area contributed by atoms with Gasteiger partial charge in [-0.15, -0.1) is 0 Å². The summed E-state index contributed by atoms with van der Waals surface area (Å²) < 4.78 is 5.73. The summed E-state index contributed by atoms with van der Waals surface area (Å²) in [5, 5.41) is 11.0. The molecule has 2 aromatic carbocycles. The van der Waals surface area contributed by atoms with Crippen LogP contribution in [0.1, 0.15) is 89.2 Å². The van der Waals surface area contributed by atoms with Gasteiger partial charge < -0.3 is 37.5 Å². The molecular weight excluding hydrogens is 636 g/mol. The summed E-state index contributed by atoms with van der Waals surface area (Å²) in [6, 6.07) is 13.3. The summed E-state index contributed by atoms with van der Waals surface area (Å²) in [6.07, 6.45) is 3.68. The fourth-order valence-corrected chi connectivity index (χ4v) is 6.01. The van der Waals surface area contributed by atoms with Crippen LogP contribution in [0.2, 0.25) is 0 Å². The van der Waals surface area contributed by atoms with E-state index in [1.165, 1.54) is 7.05 Å². The van der Waals surface area contributed by atoms with Gasteiger partial charge in [-0.2, -0.15) is 0 Å². The second-order valence-corrected chi connectivity index (χ2v) is 12.6. The molecule has 1 aliphatic carbocycles. The van der Waals surface area contributed by atoms with E-state index in [9.17, 15) is 19.2 Å². The normalized spacial score (nSPS) is 14.5. The molecule has 0 spiro atoms. The lowest BCUT2D eigenvalue weighted by molar-refractivity contribution is -0.132. The standard InChI is InChI=1S/C37H54N8O5/c1-5-6-7-18-31(34(46)40-4)43-35(47)32(19-12-21-41-24(2)38)44-36(48)33(20-13-22-42-25(3)39)45-37(49)50-23-30-28-16-10-8-14-26(28)27-15-9-11-17-29(27)30/h8-11,14-17,30-33H,5-7,12-13,18-23H2,1-4H3,(H2,38,41)(H2,39,42)(H,40,46)(H,43,47)(H,44,48)(H,45,49). The van der Waals surface area contributed by atoms with Gasteiger partial charge in [-0.1, -0.05) is 74.7 Å². The average Bonchev–Trinajstić information content (AvgIpc) is 3.42. The van der Waals surface area contributed by atoms with Gasteiger partial charge in [0.05, 0.1) is 11.7 Å². The third-order valence-electron chi connectivity index (χ3n) is 8.59. The number of nitrogens with zero attached hydrogens (tertiary/aromatic N) is 2. The molecule has 0 saturated heterocycles. The van der Waals surface area contributed by atoms with Crippen molar-refractivity contribution in [3.8, 4) is 11.1 Å². The van der Waals surface area contributed by atoms with Gasteiger partial charge in [-0.25, -0.2) is 4.79 Å². The summed E-state index contributed by atoms with van der Waals surface area (Å²) in [5.41, 5.74) is 15.7. The van der Waals surface area contributed by atoms with Crippen molar-refractivity contribution in [1.82, 2.24) is 21.3 Å². The Bertz CT molecular complexity index is 1460. The van der Waals surface area contributed by atoms with Crippen molar-refractivity contribution < 1.29 is 23.9 Å². The summed E-state index contributed by atoms with van der Waals surface area (Å²) in [6.45, 7) is 6.19. The predicted molar refractivity (Wildman–Crippen MR) is 197 cm³/mol. The molecule has 2 aromatic rings. The fraction of sp³-hybridized carbons (Fsp3) is 0.514. The zero-order valence-electron chi connectivity index (χ0n) is 29.8. The molecule has 0 heterocycles. The van der Waals surface area contributed by atoms with E-state index < -0.39 is 36.0 Å². The molecule has 1 aliphatic rings. The van der Waals surface area contributed by atoms with Crippen LogP contribution in [-0.4, -0.2) is 80.4 Å². The van der Waals surface area contributed by atoms with E-state index >= 15 is 0 Å². The highest BCUT2D eigenvalue weighted by atomic mass is 16.5. The zero-order valence-corrected chi connectivity index (χ0v) is 29.8. The molecule has 50 heavy (non-hydrogen) atoms. The van der Waals surface area contributed by atoms with Crippen LogP contribution in [0.15, 0.2) is 58.5 Å². The number of ether oxygens (including phenoxy) is 1. The van der Waals surface area contributed by atoms with Gasteiger partial charge in [0.1, 0.15) is 24.7 Å². The van der Waals surface area contributed by atoms with Crippen LogP contribution in [0.4, 0.5) is 4.79 Å². The third-order valence-corrected chi connectivity index (χ3v) is 8.59. The van der Waals surface area contributed by atoms with E-state index in [2.05, 4.69) is 50.3 Å². The van der Waals surface area contributed by atoms with Crippen LogP contribution in [0, 0.1) is 0 Å². The molecule has 3 unspecified atom stereocenters. The van der Waals surface area contributed by atoms with Crippen LogP contribution in [-0.2, 0) is 19.1 Å². The van der Waals surface area contributed by atoms with Crippen molar-refractivity contribution in [3.05, 3.63) is 59.7 Å². The molecule has 3 atom stereocenters. The van der Waals surface area contributed by atoms with Crippen LogP contribution in [0.3, 0.4) is 0 Å². The second kappa shape index (κ2) is 20.5. The minimum atomic E-state index is -1.03. The van der Waals surface area contributed by atoms with Crippen molar-refractivity contribution in [1.29, 1.82) is 0 Å². The number of nitrogens with one attached hydrogen (secondary N) is 4. The second-order valence-electron chi connectivity index (χ2n) is 12.6. The molecule has 0 fully saturated rings. The minimum absolute atomic E-state index is 0.0792. The molecule has 0 radical (unpaired) electrons. The van der Waals surface area contributed by atoms with Crippen molar-refractivity contribution in [2.24, 2.45) is 21.5 Å². The number of benzene rings is 2. The molecule has 0 bridgehead atoms. The van der Waals surface area contributed by atoms with Gasteiger partial charge in [0.25, 0.3) is 0 Å². The number of carbonyl (C=O) groups is 4. The first-order valence-corrected chi connectivity index (χ1v) is 17.5. The van der Waals surface area contributed by atoms with E-state index in [1.807, 2.05) is 36.4 Å². The lowest BCUT2D eigenvalue weighted by Gasteiger charge is -2.25. The van der Waals surface area contributed by atoms with Gasteiger partial charge in [0, 0.05) is 26.1 Å². The molecule has 4 amide bonds. The Morgan fingerprint density at radius 1 is 0.700 bits per heavy atom. The number of unbranched alkanes of at least 4 members (excludes halogenated alkanes) is 2. The first-order valence-electron chi connectivity index (χ1n) is 17.5. The van der Waals surface area contributed by atoms with Gasteiger partial charge in [-0.05, 0) is 68.2 Å². The number of carbonyl (C=O) groups excluding carboxylic acids is 4. The van der Waals surface area contributed by atoms with Crippen LogP contribution in [0.5, 0.6) is 0 Å². The Morgan fingerprint density at radius 2 is 1.16 bits per heavy atom. The van der Waals surface area contributed by atoms with Crippen LogP contribution < -0.4 is 32.7 Å². The number of amides is 4. The maximum Gasteiger partial charge on any atom is 0.407 e. The van der Waals surface area contributed by atoms with Gasteiger partial charge in [0.15, 0.2) is 0 Å². The number of hydrogen-bond acceptors (Lipinski definition) is 7. The summed E-state index contributed by atoms with van der Waals surface area (Å²) in [7, 11) is 1.52. The molecule has 0 aliphatic heterocycles. The Kier molecular flexibility index (Phi) is 16.2. The van der Waals surface area contributed by atoms with E-state index in [0.29, 0.717) is 44.0 Å². The minimum Gasteiger partial charge on any atom is -0.449 e. The Balaban J connectivity index is 1.75. The maximum atomic E-state index is 13.8. The topological polar surface area (TPSA) is 202 Å². The maximum absolute atomic E-state index is 13.8. The largest absolute Gasteiger partial charge is 0.449 e. The van der Waals surface area contributed by atoms with E-state index in [-0.39, 0.29) is 31.3 Å². The van der Waals surface area contributed by atoms with E-state index in [1.54, 1.807) is 13.8 Å². The highest BCUT2D eigenvalue weighted by Crippen LogP contribution is 2.44.